The number of para-hydroxylation sites is 2. The summed E-state index contributed by atoms with van der Waals surface area (Å²) < 4.78 is 0. The molecule has 20 heavy (non-hydrogen) atoms. The van der Waals surface area contributed by atoms with Crippen LogP contribution in [0.2, 0.25) is 0 Å². The van der Waals surface area contributed by atoms with E-state index in [2.05, 4.69) is 71.7 Å². The van der Waals surface area contributed by atoms with E-state index in [0.29, 0.717) is 12.0 Å². The predicted octanol–water partition coefficient (Wildman–Crippen LogP) is 3.92. The molecule has 0 spiro atoms. The molecule has 0 radical (unpaired) electrons. The van der Waals surface area contributed by atoms with E-state index < -0.39 is 0 Å². The van der Waals surface area contributed by atoms with Gasteiger partial charge in [-0.1, -0.05) is 43.3 Å². The number of hydrogen-bond donors (Lipinski definition) is 1. The molecule has 2 aromatic carbocycles. The predicted molar refractivity (Wildman–Crippen MR) is 85.8 cm³/mol. The topological polar surface area (TPSA) is 15.3 Å². The first-order valence-electron chi connectivity index (χ1n) is 7.40. The Morgan fingerprint density at radius 1 is 1.00 bits per heavy atom. The Balaban J connectivity index is 2.02. The van der Waals surface area contributed by atoms with Crippen molar-refractivity contribution in [1.29, 1.82) is 0 Å². The number of nitrogens with one attached hydrogen (secondary N) is 1. The quantitative estimate of drug-likeness (QED) is 0.902. The molecule has 0 aliphatic carbocycles. The van der Waals surface area contributed by atoms with E-state index in [1.54, 1.807) is 0 Å². The highest BCUT2D eigenvalue weighted by Crippen LogP contribution is 2.45. The summed E-state index contributed by atoms with van der Waals surface area (Å²) >= 11 is 0. The summed E-state index contributed by atoms with van der Waals surface area (Å²) in [6.45, 7) is 3.40. The zero-order chi connectivity index (χ0) is 13.9. The first-order chi connectivity index (χ1) is 9.83. The summed E-state index contributed by atoms with van der Waals surface area (Å²) in [5.41, 5.74) is 4.13. The van der Waals surface area contributed by atoms with E-state index in [0.717, 1.165) is 13.0 Å². The van der Waals surface area contributed by atoms with Gasteiger partial charge in [-0.15, -0.1) is 0 Å². The lowest BCUT2D eigenvalue weighted by molar-refractivity contribution is 0.535. The van der Waals surface area contributed by atoms with Gasteiger partial charge in [0.1, 0.15) is 0 Å². The first-order valence-corrected chi connectivity index (χ1v) is 7.40. The maximum Gasteiger partial charge on any atom is 0.0449 e. The SMILES string of the molecule is CNCC[C@@H]1[C@@H](C)c2ccccc2N1c1ccccc1. The van der Waals surface area contributed by atoms with E-state index in [1.807, 2.05) is 7.05 Å². The molecule has 0 amide bonds. The van der Waals surface area contributed by atoms with Crippen molar-refractivity contribution >= 4 is 11.4 Å². The molecule has 0 aromatic heterocycles. The molecule has 2 atom stereocenters. The molecular weight excluding hydrogens is 244 g/mol. The van der Waals surface area contributed by atoms with Crippen LogP contribution in [-0.2, 0) is 0 Å². The number of hydrogen-bond acceptors (Lipinski definition) is 2. The number of nitrogens with zero attached hydrogens (tertiary/aromatic N) is 1. The third-order valence-corrected chi connectivity index (χ3v) is 4.32. The minimum atomic E-state index is 0.530. The van der Waals surface area contributed by atoms with Crippen LogP contribution in [0.5, 0.6) is 0 Å². The average Bonchev–Trinajstić information content (AvgIpc) is 2.79. The lowest BCUT2D eigenvalue weighted by Crippen LogP contribution is -2.32. The Labute approximate surface area is 121 Å². The van der Waals surface area contributed by atoms with E-state index in [1.165, 1.54) is 16.9 Å². The van der Waals surface area contributed by atoms with Crippen molar-refractivity contribution in [2.45, 2.75) is 25.3 Å². The molecule has 0 fully saturated rings. The molecule has 0 saturated heterocycles. The van der Waals surface area contributed by atoms with Gasteiger partial charge in [-0.3, -0.25) is 0 Å². The molecule has 0 saturated carbocycles. The molecule has 1 heterocycles. The van der Waals surface area contributed by atoms with Crippen molar-refractivity contribution in [2.75, 3.05) is 18.5 Å². The van der Waals surface area contributed by atoms with Crippen LogP contribution in [0.3, 0.4) is 0 Å². The van der Waals surface area contributed by atoms with Crippen molar-refractivity contribution in [3.63, 3.8) is 0 Å². The summed E-state index contributed by atoms with van der Waals surface area (Å²) in [6.07, 6.45) is 1.15. The Morgan fingerprint density at radius 3 is 2.45 bits per heavy atom. The highest BCUT2D eigenvalue weighted by atomic mass is 15.2. The van der Waals surface area contributed by atoms with Crippen molar-refractivity contribution in [2.24, 2.45) is 0 Å². The van der Waals surface area contributed by atoms with Crippen LogP contribution in [-0.4, -0.2) is 19.6 Å². The maximum atomic E-state index is 3.29. The molecule has 2 aromatic rings. The van der Waals surface area contributed by atoms with Crippen LogP contribution in [0.25, 0.3) is 0 Å². The standard InChI is InChI=1S/C18H22N2/c1-14-16-10-6-7-11-18(16)20(17(14)12-13-19-2)15-8-4-3-5-9-15/h3-11,14,17,19H,12-13H2,1-2H3/t14-,17+/m0/s1. The lowest BCUT2D eigenvalue weighted by atomic mass is 9.95. The number of fused-ring (bicyclic) bond motifs is 1. The Morgan fingerprint density at radius 2 is 1.70 bits per heavy atom. The Hall–Kier alpha value is -1.80. The summed E-state index contributed by atoms with van der Waals surface area (Å²) in [6, 6.07) is 20.1. The van der Waals surface area contributed by atoms with Crippen molar-refractivity contribution in [3.8, 4) is 0 Å². The van der Waals surface area contributed by atoms with Gasteiger partial charge in [0, 0.05) is 23.3 Å². The van der Waals surface area contributed by atoms with Crippen LogP contribution in [0, 0.1) is 0 Å². The van der Waals surface area contributed by atoms with E-state index >= 15 is 0 Å². The van der Waals surface area contributed by atoms with E-state index in [-0.39, 0.29) is 0 Å². The van der Waals surface area contributed by atoms with Crippen LogP contribution >= 0.6 is 0 Å². The highest BCUT2D eigenvalue weighted by Gasteiger charge is 2.35. The second kappa shape index (κ2) is 5.68. The van der Waals surface area contributed by atoms with E-state index in [4.69, 9.17) is 0 Å². The maximum absolute atomic E-state index is 3.29. The van der Waals surface area contributed by atoms with Gasteiger partial charge >= 0.3 is 0 Å². The number of rotatable bonds is 4. The van der Waals surface area contributed by atoms with Crippen LogP contribution in [0.4, 0.5) is 11.4 Å². The molecule has 1 aliphatic heterocycles. The zero-order valence-electron chi connectivity index (χ0n) is 12.2. The average molecular weight is 266 g/mol. The summed E-state index contributed by atoms with van der Waals surface area (Å²) in [7, 11) is 2.03. The second-order valence-corrected chi connectivity index (χ2v) is 5.51. The molecule has 0 bridgehead atoms. The van der Waals surface area contributed by atoms with Gasteiger partial charge < -0.3 is 10.2 Å². The van der Waals surface area contributed by atoms with Crippen molar-refractivity contribution in [1.82, 2.24) is 5.32 Å². The van der Waals surface area contributed by atoms with Gasteiger partial charge in [0.25, 0.3) is 0 Å². The molecule has 1 N–H and O–H groups in total. The highest BCUT2D eigenvalue weighted by molar-refractivity contribution is 5.72. The van der Waals surface area contributed by atoms with Gasteiger partial charge in [-0.05, 0) is 43.8 Å². The third kappa shape index (κ3) is 2.20. The van der Waals surface area contributed by atoms with Crippen molar-refractivity contribution < 1.29 is 0 Å². The number of benzene rings is 2. The van der Waals surface area contributed by atoms with Gasteiger partial charge in [-0.25, -0.2) is 0 Å². The largest absolute Gasteiger partial charge is 0.337 e. The summed E-state index contributed by atoms with van der Waals surface area (Å²) in [5, 5.41) is 3.29. The zero-order valence-corrected chi connectivity index (χ0v) is 12.2. The lowest BCUT2D eigenvalue weighted by Gasteiger charge is -2.29. The van der Waals surface area contributed by atoms with E-state index in [9.17, 15) is 0 Å². The van der Waals surface area contributed by atoms with Gasteiger partial charge in [-0.2, -0.15) is 0 Å². The molecule has 3 rings (SSSR count). The molecule has 2 heteroatoms. The number of anilines is 2. The minimum absolute atomic E-state index is 0.530. The van der Waals surface area contributed by atoms with Crippen LogP contribution in [0.1, 0.15) is 24.8 Å². The molecule has 1 aliphatic rings. The van der Waals surface area contributed by atoms with Crippen molar-refractivity contribution in [3.05, 3.63) is 60.2 Å². The Bertz CT molecular complexity index is 565. The second-order valence-electron chi connectivity index (χ2n) is 5.51. The minimum Gasteiger partial charge on any atom is -0.337 e. The third-order valence-electron chi connectivity index (χ3n) is 4.32. The molecule has 104 valence electrons. The first kappa shape index (κ1) is 13.2. The molecular formula is C18H22N2. The summed E-state index contributed by atoms with van der Waals surface area (Å²) in [4.78, 5) is 2.51. The van der Waals surface area contributed by atoms with Gasteiger partial charge in [0.05, 0.1) is 0 Å². The summed E-state index contributed by atoms with van der Waals surface area (Å²) in [5.74, 6) is 0.569. The molecule has 0 unspecified atom stereocenters. The fourth-order valence-electron chi connectivity index (χ4n) is 3.29. The monoisotopic (exact) mass is 266 g/mol. The Kier molecular flexibility index (Phi) is 3.75. The van der Waals surface area contributed by atoms with Gasteiger partial charge in [0.2, 0.25) is 0 Å². The fraction of sp³-hybridized carbons (Fsp3) is 0.333. The smallest absolute Gasteiger partial charge is 0.0449 e. The van der Waals surface area contributed by atoms with Crippen LogP contribution in [0.15, 0.2) is 54.6 Å². The normalized spacial score (nSPS) is 21.0. The van der Waals surface area contributed by atoms with Gasteiger partial charge in [0.15, 0.2) is 0 Å². The fourth-order valence-corrected chi connectivity index (χ4v) is 3.29. The molecule has 2 nitrogen and oxygen atoms in total. The van der Waals surface area contributed by atoms with Crippen LogP contribution < -0.4 is 10.2 Å².